The van der Waals surface area contributed by atoms with Crippen LogP contribution in [0.1, 0.15) is 67.7 Å². The van der Waals surface area contributed by atoms with E-state index in [9.17, 15) is 0 Å². The molecule has 0 aromatic rings. The molecule has 0 amide bonds. The predicted octanol–water partition coefficient (Wildman–Crippen LogP) is 5.78. The first-order chi connectivity index (χ1) is 9.40. The Balaban J connectivity index is 2.28. The Morgan fingerprint density at radius 2 is 1.86 bits per heavy atom. The first-order valence-electron chi connectivity index (χ1n) is 8.22. The Morgan fingerprint density at radius 1 is 1.24 bits per heavy atom. The summed E-state index contributed by atoms with van der Waals surface area (Å²) in [5.41, 5.74) is 3.29. The summed E-state index contributed by atoms with van der Waals surface area (Å²) in [7, 11) is 0. The predicted molar refractivity (Wildman–Crippen MR) is 94.7 cm³/mol. The molecule has 0 spiro atoms. The molecule has 0 bridgehead atoms. The molecule has 0 saturated heterocycles. The van der Waals surface area contributed by atoms with E-state index >= 15 is 0 Å². The van der Waals surface area contributed by atoms with Crippen molar-refractivity contribution in [1.29, 1.82) is 0 Å². The lowest BCUT2D eigenvalue weighted by Crippen LogP contribution is -2.23. The van der Waals surface area contributed by atoms with Crippen LogP contribution in [-0.2, 0) is 4.74 Å². The minimum absolute atomic E-state index is 0.117. The zero-order valence-corrected chi connectivity index (χ0v) is 15.7. The molecule has 1 nitrogen and oxygen atoms in total. The van der Waals surface area contributed by atoms with Crippen molar-refractivity contribution in [1.82, 2.24) is 0 Å². The molecule has 21 heavy (non-hydrogen) atoms. The molecule has 1 aliphatic carbocycles. The van der Waals surface area contributed by atoms with E-state index in [1.807, 2.05) is 0 Å². The zero-order chi connectivity index (χ0) is 16.1. The summed E-state index contributed by atoms with van der Waals surface area (Å²) in [5.74, 6) is 1.83. The number of hydrogen-bond acceptors (Lipinski definition) is 2. The van der Waals surface area contributed by atoms with Gasteiger partial charge in [0.05, 0.1) is 6.61 Å². The lowest BCUT2D eigenvalue weighted by Gasteiger charge is -2.33. The van der Waals surface area contributed by atoms with Gasteiger partial charge in [-0.2, -0.15) is 12.6 Å². The molecule has 1 atom stereocenters. The number of rotatable bonds is 3. The summed E-state index contributed by atoms with van der Waals surface area (Å²) in [6.07, 6.45) is 6.01. The van der Waals surface area contributed by atoms with Gasteiger partial charge in [-0.15, -0.1) is 0 Å². The molecule has 2 aliphatic rings. The van der Waals surface area contributed by atoms with Gasteiger partial charge >= 0.3 is 0 Å². The Morgan fingerprint density at radius 3 is 2.38 bits per heavy atom. The van der Waals surface area contributed by atoms with Crippen LogP contribution < -0.4 is 0 Å². The molecule has 1 heterocycles. The second-order valence-corrected chi connectivity index (χ2v) is 10.3. The topological polar surface area (TPSA) is 9.23 Å². The van der Waals surface area contributed by atoms with E-state index in [4.69, 9.17) is 4.74 Å². The van der Waals surface area contributed by atoms with E-state index in [1.54, 1.807) is 0 Å². The fourth-order valence-electron chi connectivity index (χ4n) is 3.29. The van der Waals surface area contributed by atoms with Gasteiger partial charge in [-0.3, -0.25) is 0 Å². The summed E-state index contributed by atoms with van der Waals surface area (Å²) in [4.78, 5) is 0. The zero-order valence-electron chi connectivity index (χ0n) is 14.8. The van der Waals surface area contributed by atoms with Gasteiger partial charge in [0.25, 0.3) is 0 Å². The van der Waals surface area contributed by atoms with Gasteiger partial charge in [0.1, 0.15) is 5.76 Å². The monoisotopic (exact) mass is 308 g/mol. The standard InChI is InChI=1S/C19H32OS/c1-17(2,3)14-10-13(8-9-19(6,7)21)11-15-16(14)20-12-18(15,4)5/h10,13,21H,8-9,11-12H2,1-7H3. The molecule has 2 rings (SSSR count). The maximum absolute atomic E-state index is 6.10. The SMILES string of the molecule is CC(C)(S)CCC1C=C(C(C)(C)C)C2=C(C1)C(C)(C)CO2. The Kier molecular flexibility index (Phi) is 4.34. The fourth-order valence-corrected chi connectivity index (χ4v) is 3.42. The van der Waals surface area contributed by atoms with Crippen molar-refractivity contribution in [3.05, 3.63) is 23.0 Å². The van der Waals surface area contributed by atoms with Crippen molar-refractivity contribution in [3.63, 3.8) is 0 Å². The van der Waals surface area contributed by atoms with E-state index in [1.165, 1.54) is 23.3 Å². The highest BCUT2D eigenvalue weighted by molar-refractivity contribution is 7.81. The van der Waals surface area contributed by atoms with Gasteiger partial charge in [0.2, 0.25) is 0 Å². The van der Waals surface area contributed by atoms with Crippen LogP contribution in [0.3, 0.4) is 0 Å². The van der Waals surface area contributed by atoms with Crippen LogP contribution in [0.4, 0.5) is 0 Å². The highest BCUT2D eigenvalue weighted by Gasteiger charge is 2.41. The summed E-state index contributed by atoms with van der Waals surface area (Å²) in [6, 6.07) is 0. The Hall–Kier alpha value is -0.370. The van der Waals surface area contributed by atoms with Crippen molar-refractivity contribution < 1.29 is 4.74 Å². The molecule has 0 N–H and O–H groups in total. The number of ether oxygens (including phenoxy) is 1. The lowest BCUT2D eigenvalue weighted by atomic mass is 9.71. The maximum Gasteiger partial charge on any atom is 0.122 e. The molecule has 2 heteroatoms. The smallest absolute Gasteiger partial charge is 0.122 e. The molecule has 120 valence electrons. The van der Waals surface area contributed by atoms with E-state index in [2.05, 4.69) is 67.2 Å². The molecule has 0 saturated carbocycles. The van der Waals surface area contributed by atoms with Crippen LogP contribution in [0.5, 0.6) is 0 Å². The molecular weight excluding hydrogens is 276 g/mol. The molecule has 1 aliphatic heterocycles. The van der Waals surface area contributed by atoms with Gasteiger partial charge in [-0.25, -0.2) is 0 Å². The second-order valence-electron chi connectivity index (χ2n) is 9.13. The number of allylic oxidation sites excluding steroid dienone is 2. The fraction of sp³-hybridized carbons (Fsp3) is 0.789. The maximum atomic E-state index is 6.10. The average molecular weight is 309 g/mol. The third-order valence-corrected chi connectivity index (χ3v) is 4.94. The van der Waals surface area contributed by atoms with Crippen molar-refractivity contribution in [3.8, 4) is 0 Å². The molecule has 0 radical (unpaired) electrons. The average Bonchev–Trinajstić information content (AvgIpc) is 2.60. The number of thiol groups is 1. The van der Waals surface area contributed by atoms with Crippen LogP contribution in [0, 0.1) is 16.7 Å². The van der Waals surface area contributed by atoms with Crippen LogP contribution in [0.2, 0.25) is 0 Å². The van der Waals surface area contributed by atoms with Gasteiger partial charge < -0.3 is 4.74 Å². The summed E-state index contributed by atoms with van der Waals surface area (Å²) >= 11 is 4.69. The van der Waals surface area contributed by atoms with Crippen LogP contribution in [-0.4, -0.2) is 11.4 Å². The normalized spacial score (nSPS) is 25.5. The molecule has 0 aromatic carbocycles. The Labute approximate surface area is 136 Å². The third-order valence-electron chi connectivity index (χ3n) is 4.72. The quantitative estimate of drug-likeness (QED) is 0.650. The van der Waals surface area contributed by atoms with E-state index in [0.717, 1.165) is 19.4 Å². The van der Waals surface area contributed by atoms with E-state index in [-0.39, 0.29) is 15.6 Å². The van der Waals surface area contributed by atoms with Crippen LogP contribution in [0.15, 0.2) is 23.0 Å². The highest BCUT2D eigenvalue weighted by atomic mass is 32.1. The molecule has 1 unspecified atom stereocenters. The van der Waals surface area contributed by atoms with Gasteiger partial charge in [0.15, 0.2) is 0 Å². The second kappa shape index (κ2) is 5.37. The summed E-state index contributed by atoms with van der Waals surface area (Å²) in [5, 5.41) is 0. The van der Waals surface area contributed by atoms with Gasteiger partial charge in [-0.05, 0) is 41.7 Å². The first-order valence-corrected chi connectivity index (χ1v) is 8.66. The molecule has 0 fully saturated rings. The number of hydrogen-bond donors (Lipinski definition) is 1. The third kappa shape index (κ3) is 3.88. The van der Waals surface area contributed by atoms with Gasteiger partial charge in [-0.1, -0.05) is 54.5 Å². The largest absolute Gasteiger partial charge is 0.492 e. The van der Waals surface area contributed by atoms with Crippen LogP contribution >= 0.6 is 12.6 Å². The lowest BCUT2D eigenvalue weighted by molar-refractivity contribution is 0.184. The van der Waals surface area contributed by atoms with E-state index in [0.29, 0.717) is 5.92 Å². The van der Waals surface area contributed by atoms with Gasteiger partial charge in [0, 0.05) is 10.2 Å². The van der Waals surface area contributed by atoms with E-state index < -0.39 is 0 Å². The van der Waals surface area contributed by atoms with Crippen LogP contribution in [0.25, 0.3) is 0 Å². The first kappa shape index (κ1) is 17.0. The van der Waals surface area contributed by atoms with Crippen molar-refractivity contribution in [2.45, 2.75) is 72.5 Å². The molecular formula is C19H32OS. The van der Waals surface area contributed by atoms with Crippen molar-refractivity contribution in [2.24, 2.45) is 16.7 Å². The molecule has 0 aromatic heterocycles. The van der Waals surface area contributed by atoms with Crippen molar-refractivity contribution in [2.75, 3.05) is 6.61 Å². The Bertz CT molecular complexity index is 469. The minimum Gasteiger partial charge on any atom is -0.492 e. The summed E-state index contributed by atoms with van der Waals surface area (Å²) < 4.78 is 6.22. The highest BCUT2D eigenvalue weighted by Crippen LogP contribution is 2.50. The minimum atomic E-state index is 0.117. The summed E-state index contributed by atoms with van der Waals surface area (Å²) in [6.45, 7) is 16.8. The van der Waals surface area contributed by atoms with Crippen molar-refractivity contribution >= 4 is 12.6 Å².